The molecule has 0 saturated carbocycles. The standard InChI is InChI=1S/C7H2BrF3N2/c8-4-1-3(2-12)13-7(11)5(4)6(9)10/h1,6H. The normalized spacial score (nSPS) is 10.2. The lowest BCUT2D eigenvalue weighted by molar-refractivity contribution is 0.144. The maximum atomic E-state index is 12.8. The molecule has 1 rings (SSSR count). The monoisotopic (exact) mass is 250 g/mol. The van der Waals surface area contributed by atoms with Crippen molar-refractivity contribution in [2.75, 3.05) is 0 Å². The largest absolute Gasteiger partial charge is 0.269 e. The summed E-state index contributed by atoms with van der Waals surface area (Å²) in [5.74, 6) is -1.32. The number of pyridine rings is 1. The Bertz CT molecular complexity index is 349. The number of alkyl halides is 2. The lowest BCUT2D eigenvalue weighted by Crippen LogP contribution is -1.98. The highest BCUT2D eigenvalue weighted by molar-refractivity contribution is 9.10. The van der Waals surface area contributed by atoms with E-state index < -0.39 is 17.9 Å². The Morgan fingerprint density at radius 3 is 2.54 bits per heavy atom. The highest BCUT2D eigenvalue weighted by Crippen LogP contribution is 2.29. The Hall–Kier alpha value is -1.09. The van der Waals surface area contributed by atoms with Gasteiger partial charge in [0.2, 0.25) is 5.95 Å². The van der Waals surface area contributed by atoms with Gasteiger partial charge in [-0.2, -0.15) is 9.65 Å². The Labute approximate surface area is 80.1 Å². The molecule has 0 bridgehead atoms. The fraction of sp³-hybridized carbons (Fsp3) is 0.143. The van der Waals surface area contributed by atoms with E-state index >= 15 is 0 Å². The van der Waals surface area contributed by atoms with Crippen molar-refractivity contribution >= 4 is 15.9 Å². The molecular formula is C7H2BrF3N2. The fourth-order valence-electron chi connectivity index (χ4n) is 0.746. The van der Waals surface area contributed by atoms with Crippen LogP contribution in [-0.2, 0) is 0 Å². The zero-order chi connectivity index (χ0) is 10.0. The predicted octanol–water partition coefficient (Wildman–Crippen LogP) is 2.79. The van der Waals surface area contributed by atoms with Crippen LogP contribution in [0.2, 0.25) is 0 Å². The van der Waals surface area contributed by atoms with E-state index in [2.05, 4.69) is 20.9 Å². The summed E-state index contributed by atoms with van der Waals surface area (Å²) in [6.45, 7) is 0. The van der Waals surface area contributed by atoms with E-state index in [1.807, 2.05) is 0 Å². The number of rotatable bonds is 1. The topological polar surface area (TPSA) is 36.7 Å². The summed E-state index contributed by atoms with van der Waals surface area (Å²) in [4.78, 5) is 3.04. The van der Waals surface area contributed by atoms with E-state index in [9.17, 15) is 13.2 Å². The van der Waals surface area contributed by atoms with Crippen molar-refractivity contribution in [2.24, 2.45) is 0 Å². The summed E-state index contributed by atoms with van der Waals surface area (Å²) in [5.41, 5.74) is -1.06. The lowest BCUT2D eigenvalue weighted by Gasteiger charge is -2.03. The van der Waals surface area contributed by atoms with Gasteiger partial charge in [0.1, 0.15) is 11.8 Å². The van der Waals surface area contributed by atoms with Gasteiger partial charge in [-0.15, -0.1) is 0 Å². The van der Waals surface area contributed by atoms with E-state index in [4.69, 9.17) is 5.26 Å². The number of hydrogen-bond donors (Lipinski definition) is 0. The van der Waals surface area contributed by atoms with Crippen LogP contribution in [0, 0.1) is 17.3 Å². The third kappa shape index (κ3) is 1.98. The van der Waals surface area contributed by atoms with Crippen molar-refractivity contribution in [1.82, 2.24) is 4.98 Å². The molecule has 1 aromatic heterocycles. The van der Waals surface area contributed by atoms with Crippen molar-refractivity contribution in [3.63, 3.8) is 0 Å². The van der Waals surface area contributed by atoms with Crippen molar-refractivity contribution in [3.8, 4) is 6.07 Å². The van der Waals surface area contributed by atoms with Gasteiger partial charge in [-0.1, -0.05) is 15.9 Å². The second-order valence-electron chi connectivity index (χ2n) is 2.11. The minimum atomic E-state index is -2.95. The molecule has 0 spiro atoms. The van der Waals surface area contributed by atoms with Crippen LogP contribution in [0.3, 0.4) is 0 Å². The average Bonchev–Trinajstić information content (AvgIpc) is 2.02. The van der Waals surface area contributed by atoms with Crippen LogP contribution in [0.1, 0.15) is 17.7 Å². The molecule has 2 nitrogen and oxygen atoms in total. The molecule has 0 radical (unpaired) electrons. The molecule has 0 saturated heterocycles. The molecule has 0 unspecified atom stereocenters. The smallest absolute Gasteiger partial charge is 0.208 e. The van der Waals surface area contributed by atoms with Crippen LogP contribution < -0.4 is 0 Å². The molecule has 1 heterocycles. The molecule has 6 heteroatoms. The van der Waals surface area contributed by atoms with Gasteiger partial charge in [-0.25, -0.2) is 13.8 Å². The first-order chi connectivity index (χ1) is 6.06. The Kier molecular flexibility index (Phi) is 2.88. The number of nitrogens with zero attached hydrogens (tertiary/aromatic N) is 2. The van der Waals surface area contributed by atoms with Crippen LogP contribution in [-0.4, -0.2) is 4.98 Å². The van der Waals surface area contributed by atoms with E-state index in [1.165, 1.54) is 0 Å². The quantitative estimate of drug-likeness (QED) is 0.719. The predicted molar refractivity (Wildman–Crippen MR) is 41.6 cm³/mol. The molecule has 1 aromatic rings. The van der Waals surface area contributed by atoms with Gasteiger partial charge in [-0.05, 0) is 6.07 Å². The van der Waals surface area contributed by atoms with Gasteiger partial charge in [0.05, 0.1) is 5.56 Å². The maximum absolute atomic E-state index is 12.8. The van der Waals surface area contributed by atoms with E-state index in [-0.39, 0.29) is 10.2 Å². The Morgan fingerprint density at radius 1 is 1.54 bits per heavy atom. The Balaban J connectivity index is 3.33. The zero-order valence-electron chi connectivity index (χ0n) is 6.06. The molecular weight excluding hydrogens is 249 g/mol. The summed E-state index contributed by atoms with van der Waals surface area (Å²) in [5, 5.41) is 8.33. The molecule has 13 heavy (non-hydrogen) atoms. The highest BCUT2D eigenvalue weighted by atomic mass is 79.9. The minimum absolute atomic E-state index is 0.147. The number of hydrogen-bond acceptors (Lipinski definition) is 2. The number of halogens is 4. The first-order valence-electron chi connectivity index (χ1n) is 3.10. The van der Waals surface area contributed by atoms with Crippen molar-refractivity contribution in [1.29, 1.82) is 5.26 Å². The molecule has 0 aromatic carbocycles. The van der Waals surface area contributed by atoms with Crippen LogP contribution in [0.25, 0.3) is 0 Å². The molecule has 0 aliphatic heterocycles. The molecule has 68 valence electrons. The summed E-state index contributed by atoms with van der Waals surface area (Å²) in [6, 6.07) is 2.59. The van der Waals surface area contributed by atoms with Gasteiger partial charge in [0.15, 0.2) is 0 Å². The SMILES string of the molecule is N#Cc1cc(Br)c(C(F)F)c(F)n1. The first-order valence-corrected chi connectivity index (χ1v) is 3.89. The third-order valence-corrected chi connectivity index (χ3v) is 1.95. The van der Waals surface area contributed by atoms with E-state index in [0.717, 1.165) is 6.07 Å². The van der Waals surface area contributed by atoms with Crippen LogP contribution >= 0.6 is 15.9 Å². The summed E-state index contributed by atoms with van der Waals surface area (Å²) in [7, 11) is 0. The third-order valence-electron chi connectivity index (χ3n) is 1.29. The molecule has 0 amide bonds. The number of nitriles is 1. The summed E-state index contributed by atoms with van der Waals surface area (Å²) >= 11 is 2.73. The second-order valence-corrected chi connectivity index (χ2v) is 2.96. The first kappa shape index (κ1) is 9.99. The highest BCUT2D eigenvalue weighted by Gasteiger charge is 2.19. The van der Waals surface area contributed by atoms with Crippen molar-refractivity contribution in [2.45, 2.75) is 6.43 Å². The van der Waals surface area contributed by atoms with Gasteiger partial charge >= 0.3 is 0 Å². The van der Waals surface area contributed by atoms with Crippen molar-refractivity contribution < 1.29 is 13.2 Å². The van der Waals surface area contributed by atoms with Gasteiger partial charge in [-0.3, -0.25) is 0 Å². The van der Waals surface area contributed by atoms with Crippen molar-refractivity contribution in [3.05, 3.63) is 27.7 Å². The van der Waals surface area contributed by atoms with Gasteiger partial charge in [0.25, 0.3) is 6.43 Å². The molecule has 0 aliphatic carbocycles. The summed E-state index contributed by atoms with van der Waals surface area (Å²) in [6.07, 6.45) is -2.95. The van der Waals surface area contributed by atoms with Crippen LogP contribution in [0.4, 0.5) is 13.2 Å². The summed E-state index contributed by atoms with van der Waals surface area (Å²) < 4.78 is 36.9. The van der Waals surface area contributed by atoms with Crippen LogP contribution in [0.5, 0.6) is 0 Å². The molecule has 0 fully saturated rings. The molecule has 0 aliphatic rings. The fourth-order valence-corrected chi connectivity index (χ4v) is 1.30. The zero-order valence-corrected chi connectivity index (χ0v) is 7.65. The Morgan fingerprint density at radius 2 is 2.15 bits per heavy atom. The van der Waals surface area contributed by atoms with Gasteiger partial charge < -0.3 is 0 Å². The minimum Gasteiger partial charge on any atom is -0.208 e. The molecule has 0 atom stereocenters. The lowest BCUT2D eigenvalue weighted by atomic mass is 10.2. The number of aromatic nitrogens is 1. The van der Waals surface area contributed by atoms with E-state index in [0.29, 0.717) is 0 Å². The second kappa shape index (κ2) is 3.75. The molecule has 0 N–H and O–H groups in total. The average molecular weight is 251 g/mol. The maximum Gasteiger partial charge on any atom is 0.269 e. The van der Waals surface area contributed by atoms with E-state index in [1.54, 1.807) is 6.07 Å². The van der Waals surface area contributed by atoms with Gasteiger partial charge in [0, 0.05) is 4.47 Å². The van der Waals surface area contributed by atoms with Crippen LogP contribution in [0.15, 0.2) is 10.5 Å².